The van der Waals surface area contributed by atoms with Crippen molar-refractivity contribution in [1.29, 1.82) is 0 Å². The van der Waals surface area contributed by atoms with Crippen LogP contribution in [0.25, 0.3) is 10.9 Å². The zero-order chi connectivity index (χ0) is 30.4. The summed E-state index contributed by atoms with van der Waals surface area (Å²) in [5, 5.41) is 15.5. The summed E-state index contributed by atoms with van der Waals surface area (Å²) in [5.41, 5.74) is 5.56. The Morgan fingerprint density at radius 3 is 2.19 bits per heavy atom. The van der Waals surface area contributed by atoms with E-state index in [2.05, 4.69) is 10.3 Å². The molecular weight excluding hydrogens is 560 g/mol. The van der Waals surface area contributed by atoms with Crippen molar-refractivity contribution in [3.63, 3.8) is 0 Å². The highest BCUT2D eigenvalue weighted by Crippen LogP contribution is 2.38. The van der Waals surface area contributed by atoms with Crippen LogP contribution in [0, 0.1) is 11.3 Å². The Balaban J connectivity index is 1.86. The number of carbonyl (C=O) groups excluding carboxylic acids is 3. The smallest absolute Gasteiger partial charge is 0.310 e. The van der Waals surface area contributed by atoms with E-state index in [1.807, 2.05) is 0 Å². The highest BCUT2D eigenvalue weighted by molar-refractivity contribution is 6.31. The van der Waals surface area contributed by atoms with E-state index in [1.165, 1.54) is 14.2 Å². The van der Waals surface area contributed by atoms with Crippen LogP contribution in [-0.2, 0) is 32.1 Å². The van der Waals surface area contributed by atoms with Crippen LogP contribution in [0.5, 0.6) is 0 Å². The minimum absolute atomic E-state index is 0.0244. The van der Waals surface area contributed by atoms with Crippen LogP contribution < -0.4 is 11.1 Å². The molecule has 0 bridgehead atoms. The molecule has 0 aliphatic heterocycles. The van der Waals surface area contributed by atoms with Crippen LogP contribution in [0.15, 0.2) is 84.9 Å². The monoisotopic (exact) mass is 590 g/mol. The second-order valence-electron chi connectivity index (χ2n) is 9.98. The van der Waals surface area contributed by atoms with Crippen molar-refractivity contribution in [1.82, 2.24) is 15.4 Å². The first-order valence-corrected chi connectivity index (χ1v) is 13.5. The number of hydrogen-bond donors (Lipinski definition) is 4. The van der Waals surface area contributed by atoms with Gasteiger partial charge in [0, 0.05) is 29.0 Å². The minimum Gasteiger partial charge on any atom is -0.481 e. The van der Waals surface area contributed by atoms with Gasteiger partial charge >= 0.3 is 5.97 Å². The molecule has 1 unspecified atom stereocenters. The number of aliphatic carboxylic acids is 1. The topological polar surface area (TPSA) is 155 Å². The van der Waals surface area contributed by atoms with Gasteiger partial charge in [-0.1, -0.05) is 72.3 Å². The molecule has 10 nitrogen and oxygen atoms in total. The van der Waals surface area contributed by atoms with Gasteiger partial charge in [-0.05, 0) is 48.2 Å². The number of aromatic amines is 1. The van der Waals surface area contributed by atoms with Gasteiger partial charge in [0.05, 0.1) is 7.11 Å². The standard InChI is InChI=1S/C31H31ClN4O6/c1-36(42-2)30(41)31(29(33)40,18-20-11-7-4-8-12-20)26(28(38)39)24(15-19-9-5-3-6-10-19)35-27(37)25-17-21-16-22(32)13-14-23(21)34-25/h3-14,16-17,24,26,34H,15,18H2,1-2H3,(H2,33,40)(H,35,37)(H,38,39)/t24-,26?,31-/m0/s1. The number of amides is 3. The van der Waals surface area contributed by atoms with E-state index in [0.29, 0.717) is 27.1 Å². The maximum absolute atomic E-state index is 14.0. The van der Waals surface area contributed by atoms with E-state index in [9.17, 15) is 24.3 Å². The van der Waals surface area contributed by atoms with Gasteiger partial charge in [-0.15, -0.1) is 0 Å². The van der Waals surface area contributed by atoms with E-state index in [1.54, 1.807) is 84.9 Å². The van der Waals surface area contributed by atoms with Gasteiger partial charge in [-0.3, -0.25) is 24.0 Å². The average Bonchev–Trinajstić information content (AvgIpc) is 3.40. The number of halogens is 1. The third kappa shape index (κ3) is 6.29. The molecule has 0 saturated heterocycles. The Bertz CT molecular complexity index is 1590. The molecule has 0 spiro atoms. The Morgan fingerprint density at radius 2 is 1.62 bits per heavy atom. The Hall–Kier alpha value is -4.67. The fourth-order valence-electron chi connectivity index (χ4n) is 5.26. The van der Waals surface area contributed by atoms with E-state index < -0.39 is 41.1 Å². The lowest BCUT2D eigenvalue weighted by molar-refractivity contribution is -0.189. The molecule has 0 fully saturated rings. The van der Waals surface area contributed by atoms with Gasteiger partial charge in [-0.25, -0.2) is 5.06 Å². The third-order valence-electron chi connectivity index (χ3n) is 7.35. The summed E-state index contributed by atoms with van der Waals surface area (Å²) in [6.07, 6.45) is -0.373. The molecule has 3 atom stereocenters. The normalized spacial score (nSPS) is 14.0. The number of carboxylic acids is 1. The van der Waals surface area contributed by atoms with Crippen molar-refractivity contribution in [3.05, 3.63) is 107 Å². The Kier molecular flexibility index (Phi) is 9.29. The fraction of sp³-hybridized carbons (Fsp3) is 0.226. The van der Waals surface area contributed by atoms with Crippen LogP contribution >= 0.6 is 11.6 Å². The predicted octanol–water partition coefficient (Wildman–Crippen LogP) is 3.60. The summed E-state index contributed by atoms with van der Waals surface area (Å²) in [5.74, 6) is -6.06. The van der Waals surface area contributed by atoms with Crippen LogP contribution in [0.3, 0.4) is 0 Å². The van der Waals surface area contributed by atoms with E-state index in [4.69, 9.17) is 22.2 Å². The van der Waals surface area contributed by atoms with Crippen LogP contribution in [-0.4, -0.2) is 59.0 Å². The summed E-state index contributed by atoms with van der Waals surface area (Å²) in [6.45, 7) is 0. The van der Waals surface area contributed by atoms with Gasteiger partial charge in [0.2, 0.25) is 5.91 Å². The minimum atomic E-state index is -2.35. The van der Waals surface area contributed by atoms with Crippen molar-refractivity contribution in [3.8, 4) is 0 Å². The Labute approximate surface area is 247 Å². The number of H-pyrrole nitrogens is 1. The van der Waals surface area contributed by atoms with Crippen LogP contribution in [0.2, 0.25) is 5.02 Å². The number of fused-ring (bicyclic) bond motifs is 1. The van der Waals surface area contributed by atoms with Crippen LogP contribution in [0.4, 0.5) is 0 Å². The molecule has 3 amide bonds. The number of nitrogens with two attached hydrogens (primary N) is 1. The second-order valence-corrected chi connectivity index (χ2v) is 10.4. The quantitative estimate of drug-likeness (QED) is 0.146. The number of carboxylic acid groups (broad SMARTS) is 1. The van der Waals surface area contributed by atoms with Crippen molar-refractivity contribution < 1.29 is 29.1 Å². The van der Waals surface area contributed by atoms with Gasteiger partial charge in [-0.2, -0.15) is 0 Å². The summed E-state index contributed by atoms with van der Waals surface area (Å²) in [7, 11) is 2.48. The molecule has 0 aliphatic carbocycles. The first-order chi connectivity index (χ1) is 20.1. The molecule has 42 heavy (non-hydrogen) atoms. The summed E-state index contributed by atoms with van der Waals surface area (Å²) in [4.78, 5) is 62.3. The number of nitrogens with zero attached hydrogens (tertiary/aromatic N) is 1. The lowest BCUT2D eigenvalue weighted by atomic mass is 9.65. The number of hydroxylamine groups is 2. The number of hydrogen-bond acceptors (Lipinski definition) is 5. The lowest BCUT2D eigenvalue weighted by Crippen LogP contribution is -2.63. The third-order valence-corrected chi connectivity index (χ3v) is 7.58. The molecule has 218 valence electrons. The fourth-order valence-corrected chi connectivity index (χ4v) is 5.45. The second kappa shape index (κ2) is 12.9. The largest absolute Gasteiger partial charge is 0.481 e. The first-order valence-electron chi connectivity index (χ1n) is 13.1. The average molecular weight is 591 g/mol. The molecule has 4 aromatic rings. The van der Waals surface area contributed by atoms with Crippen molar-refractivity contribution in [2.75, 3.05) is 14.2 Å². The summed E-state index contributed by atoms with van der Waals surface area (Å²) in [6, 6.07) is 22.7. The van der Waals surface area contributed by atoms with Crippen molar-refractivity contribution in [2.45, 2.75) is 18.9 Å². The zero-order valence-corrected chi connectivity index (χ0v) is 23.8. The maximum Gasteiger partial charge on any atom is 0.310 e. The van der Waals surface area contributed by atoms with Gasteiger partial charge in [0.25, 0.3) is 11.8 Å². The van der Waals surface area contributed by atoms with Crippen molar-refractivity contribution >= 4 is 46.2 Å². The molecule has 3 aromatic carbocycles. The molecule has 0 aliphatic rings. The number of aromatic nitrogens is 1. The SMILES string of the molecule is CON(C)C(=O)[C@](Cc1ccccc1)(C(N)=O)C(C(=O)O)[C@H](Cc1ccccc1)NC(=O)c1cc2cc(Cl)ccc2[nH]1. The number of rotatable bonds is 12. The van der Waals surface area contributed by atoms with E-state index in [0.717, 1.165) is 5.06 Å². The number of carbonyl (C=O) groups is 4. The van der Waals surface area contributed by atoms with Crippen molar-refractivity contribution in [2.24, 2.45) is 17.1 Å². The molecular formula is C31H31ClN4O6. The summed E-state index contributed by atoms with van der Waals surface area (Å²) >= 11 is 6.10. The van der Waals surface area contributed by atoms with Crippen LogP contribution in [0.1, 0.15) is 21.6 Å². The summed E-state index contributed by atoms with van der Waals surface area (Å²) < 4.78 is 0. The van der Waals surface area contributed by atoms with E-state index >= 15 is 0 Å². The molecule has 4 rings (SSSR count). The molecule has 1 heterocycles. The number of benzene rings is 3. The van der Waals surface area contributed by atoms with Gasteiger partial charge in [0.1, 0.15) is 17.0 Å². The molecule has 1 aromatic heterocycles. The molecule has 0 radical (unpaired) electrons. The van der Waals surface area contributed by atoms with E-state index in [-0.39, 0.29) is 18.5 Å². The number of primary amides is 1. The predicted molar refractivity (Wildman–Crippen MR) is 157 cm³/mol. The zero-order valence-electron chi connectivity index (χ0n) is 23.0. The lowest BCUT2D eigenvalue weighted by Gasteiger charge is -2.40. The molecule has 5 N–H and O–H groups in total. The number of nitrogens with one attached hydrogen (secondary N) is 2. The Morgan fingerprint density at radius 1 is 1.00 bits per heavy atom. The highest BCUT2D eigenvalue weighted by atomic mass is 35.5. The maximum atomic E-state index is 14.0. The van der Waals surface area contributed by atoms with Gasteiger partial charge < -0.3 is 21.1 Å². The van der Waals surface area contributed by atoms with Gasteiger partial charge in [0.15, 0.2) is 0 Å². The first kappa shape index (κ1) is 30.3. The molecule has 11 heteroatoms. The molecule has 0 saturated carbocycles. The highest BCUT2D eigenvalue weighted by Gasteiger charge is 2.58.